The van der Waals surface area contributed by atoms with Gasteiger partial charge in [-0.25, -0.2) is 0 Å². The molecule has 4 rings (SSSR count). The van der Waals surface area contributed by atoms with E-state index in [0.717, 1.165) is 23.9 Å². The van der Waals surface area contributed by atoms with E-state index in [0.29, 0.717) is 17.3 Å². The summed E-state index contributed by atoms with van der Waals surface area (Å²) in [6.45, 7) is 10.00. The molecule has 1 aromatic carbocycles. The molecule has 1 amide bonds. The van der Waals surface area contributed by atoms with Gasteiger partial charge in [0, 0.05) is 12.1 Å². The topological polar surface area (TPSA) is 29.1 Å². The van der Waals surface area contributed by atoms with Crippen LogP contribution in [0.25, 0.3) is 0 Å². The van der Waals surface area contributed by atoms with Crippen molar-refractivity contribution in [3.05, 3.63) is 35.4 Å². The zero-order valence-corrected chi connectivity index (χ0v) is 14.4. The molecule has 0 saturated heterocycles. The first kappa shape index (κ1) is 15.6. The molecule has 1 aromatic rings. The lowest BCUT2D eigenvalue weighted by Crippen LogP contribution is -2.54. The lowest BCUT2D eigenvalue weighted by molar-refractivity contribution is -0.103. The molecular formula is C20H29NO. The summed E-state index contributed by atoms with van der Waals surface area (Å²) in [4.78, 5) is 12.3. The second-order valence-electron chi connectivity index (χ2n) is 8.18. The number of nitrogens with one attached hydrogen (secondary N) is 1. The van der Waals surface area contributed by atoms with E-state index in [9.17, 15) is 4.79 Å². The smallest absolute Gasteiger partial charge is 0.251 e. The summed E-state index contributed by atoms with van der Waals surface area (Å²) < 4.78 is 0. The largest absolute Gasteiger partial charge is 0.352 e. The van der Waals surface area contributed by atoms with Crippen molar-refractivity contribution in [1.29, 1.82) is 0 Å². The first-order valence-electron chi connectivity index (χ1n) is 8.77. The lowest BCUT2D eigenvalue weighted by Gasteiger charge is -2.60. The van der Waals surface area contributed by atoms with Gasteiger partial charge in [-0.2, -0.15) is 0 Å². The van der Waals surface area contributed by atoms with E-state index < -0.39 is 0 Å². The van der Waals surface area contributed by atoms with E-state index in [1.807, 2.05) is 12.1 Å². The average Bonchev–Trinajstić information content (AvgIpc) is 2.52. The maximum atomic E-state index is 12.3. The molecule has 3 fully saturated rings. The van der Waals surface area contributed by atoms with Gasteiger partial charge in [-0.3, -0.25) is 4.79 Å². The molecule has 3 aliphatic rings. The Morgan fingerprint density at radius 1 is 1.23 bits per heavy atom. The summed E-state index contributed by atoms with van der Waals surface area (Å²) in [5, 5.41) is 3.17. The number of hydrogen-bond donors (Lipinski definition) is 1. The van der Waals surface area contributed by atoms with E-state index in [2.05, 4.69) is 45.1 Å². The van der Waals surface area contributed by atoms with Gasteiger partial charge in [-0.15, -0.1) is 0 Å². The summed E-state index contributed by atoms with van der Waals surface area (Å²) in [6.07, 6.45) is 4.00. The number of hydrogen-bond acceptors (Lipinski definition) is 1. The second kappa shape index (κ2) is 5.72. The third-order valence-electron chi connectivity index (χ3n) is 6.37. The predicted octanol–water partition coefficient (Wildman–Crippen LogP) is 4.61. The number of fused-ring (bicyclic) bond motifs is 2. The van der Waals surface area contributed by atoms with Gasteiger partial charge in [0.05, 0.1) is 0 Å². The second-order valence-corrected chi connectivity index (χ2v) is 8.18. The molecule has 3 aliphatic carbocycles. The van der Waals surface area contributed by atoms with Gasteiger partial charge in [0.1, 0.15) is 0 Å². The fraction of sp³-hybridized carbons (Fsp3) is 0.650. The molecule has 0 heterocycles. The van der Waals surface area contributed by atoms with Gasteiger partial charge in [0.25, 0.3) is 5.91 Å². The highest BCUT2D eigenvalue weighted by Gasteiger charge is 2.53. The summed E-state index contributed by atoms with van der Waals surface area (Å²) in [7, 11) is 0. The number of benzene rings is 1. The molecule has 2 nitrogen and oxygen atoms in total. The fourth-order valence-corrected chi connectivity index (χ4v) is 4.55. The number of amides is 1. The van der Waals surface area contributed by atoms with Crippen molar-refractivity contribution < 1.29 is 4.79 Å². The zero-order valence-electron chi connectivity index (χ0n) is 14.4. The van der Waals surface area contributed by atoms with E-state index >= 15 is 0 Å². The Morgan fingerprint density at radius 2 is 1.91 bits per heavy atom. The Balaban J connectivity index is 1.56. The standard InChI is InChI=1S/C20H29NO/c1-13(2)14-5-7-15(8-6-14)19(22)21-12-16-9-10-17-11-18(16)20(17,3)4/h5-8,13,16-18H,9-12H2,1-4H3,(H,21,22)/t16-,17-,18-/m0/s1. The van der Waals surface area contributed by atoms with Crippen LogP contribution >= 0.6 is 0 Å². The summed E-state index contributed by atoms with van der Waals surface area (Å²) in [5.41, 5.74) is 2.56. The summed E-state index contributed by atoms with van der Waals surface area (Å²) >= 11 is 0. The van der Waals surface area contributed by atoms with E-state index in [4.69, 9.17) is 0 Å². The Labute approximate surface area is 134 Å². The Kier molecular flexibility index (Phi) is 4.05. The molecule has 2 heteroatoms. The minimum atomic E-state index is 0.0783. The maximum Gasteiger partial charge on any atom is 0.251 e. The molecule has 120 valence electrons. The summed E-state index contributed by atoms with van der Waals surface area (Å²) in [6, 6.07) is 8.04. The molecule has 0 unspecified atom stereocenters. The van der Waals surface area contributed by atoms with Crippen LogP contribution in [0.15, 0.2) is 24.3 Å². The van der Waals surface area contributed by atoms with Crippen LogP contribution in [0, 0.1) is 23.2 Å². The van der Waals surface area contributed by atoms with E-state index in [1.165, 1.54) is 24.8 Å². The molecule has 0 spiro atoms. The zero-order chi connectivity index (χ0) is 15.9. The van der Waals surface area contributed by atoms with Crippen molar-refractivity contribution in [3.63, 3.8) is 0 Å². The SMILES string of the molecule is CC(C)c1ccc(C(=O)NC[C@@H]2CC[C@H]3C[C@@H]2C3(C)C)cc1. The van der Waals surface area contributed by atoms with Crippen molar-refractivity contribution >= 4 is 5.91 Å². The van der Waals surface area contributed by atoms with Gasteiger partial charge < -0.3 is 5.32 Å². The van der Waals surface area contributed by atoms with Crippen molar-refractivity contribution in [2.45, 2.75) is 52.9 Å². The molecule has 1 N–H and O–H groups in total. The van der Waals surface area contributed by atoms with Crippen LogP contribution < -0.4 is 5.32 Å². The molecule has 3 atom stereocenters. The van der Waals surface area contributed by atoms with Crippen molar-refractivity contribution in [2.24, 2.45) is 23.2 Å². The third kappa shape index (κ3) is 2.68. The molecule has 2 bridgehead atoms. The highest BCUT2D eigenvalue weighted by atomic mass is 16.1. The van der Waals surface area contributed by atoms with Gasteiger partial charge in [-0.05, 0) is 66.0 Å². The third-order valence-corrected chi connectivity index (χ3v) is 6.37. The van der Waals surface area contributed by atoms with Gasteiger partial charge in [0.15, 0.2) is 0 Å². The van der Waals surface area contributed by atoms with Crippen molar-refractivity contribution in [2.75, 3.05) is 6.54 Å². The normalized spacial score (nSPS) is 29.0. The number of carbonyl (C=O) groups excluding carboxylic acids is 1. The van der Waals surface area contributed by atoms with Gasteiger partial charge >= 0.3 is 0 Å². The van der Waals surface area contributed by atoms with Crippen LogP contribution in [0.2, 0.25) is 0 Å². The Morgan fingerprint density at radius 3 is 2.45 bits per heavy atom. The van der Waals surface area contributed by atoms with Crippen LogP contribution in [0.5, 0.6) is 0 Å². The van der Waals surface area contributed by atoms with Crippen LogP contribution in [0.4, 0.5) is 0 Å². The summed E-state index contributed by atoms with van der Waals surface area (Å²) in [5.74, 6) is 2.98. The molecule has 3 saturated carbocycles. The molecular weight excluding hydrogens is 270 g/mol. The Hall–Kier alpha value is -1.31. The van der Waals surface area contributed by atoms with Crippen LogP contribution in [0.1, 0.15) is 68.8 Å². The minimum Gasteiger partial charge on any atom is -0.352 e. The van der Waals surface area contributed by atoms with E-state index in [-0.39, 0.29) is 5.91 Å². The van der Waals surface area contributed by atoms with E-state index in [1.54, 1.807) is 0 Å². The van der Waals surface area contributed by atoms with Gasteiger partial charge in [0.2, 0.25) is 0 Å². The molecule has 0 aromatic heterocycles. The maximum absolute atomic E-state index is 12.3. The van der Waals surface area contributed by atoms with Gasteiger partial charge in [-0.1, -0.05) is 39.8 Å². The Bertz CT molecular complexity index is 541. The van der Waals surface area contributed by atoms with Crippen LogP contribution in [-0.4, -0.2) is 12.5 Å². The number of rotatable bonds is 4. The fourth-order valence-electron chi connectivity index (χ4n) is 4.55. The molecule has 0 radical (unpaired) electrons. The van der Waals surface area contributed by atoms with Crippen molar-refractivity contribution in [1.82, 2.24) is 5.32 Å². The first-order chi connectivity index (χ1) is 10.4. The average molecular weight is 299 g/mol. The predicted molar refractivity (Wildman–Crippen MR) is 91.0 cm³/mol. The monoisotopic (exact) mass is 299 g/mol. The highest BCUT2D eigenvalue weighted by Crippen LogP contribution is 2.61. The molecule has 0 aliphatic heterocycles. The highest BCUT2D eigenvalue weighted by molar-refractivity contribution is 5.94. The lowest BCUT2D eigenvalue weighted by atomic mass is 9.45. The quantitative estimate of drug-likeness (QED) is 0.864. The van der Waals surface area contributed by atoms with Crippen molar-refractivity contribution in [3.8, 4) is 0 Å². The minimum absolute atomic E-state index is 0.0783. The first-order valence-corrected chi connectivity index (χ1v) is 8.77. The van der Waals surface area contributed by atoms with Crippen LogP contribution in [0.3, 0.4) is 0 Å². The molecule has 22 heavy (non-hydrogen) atoms. The van der Waals surface area contributed by atoms with Crippen LogP contribution in [-0.2, 0) is 0 Å². The number of carbonyl (C=O) groups is 1.